The van der Waals surface area contributed by atoms with Crippen LogP contribution in [0.3, 0.4) is 0 Å². The highest BCUT2D eigenvalue weighted by Gasteiger charge is 2.15. The van der Waals surface area contributed by atoms with Gasteiger partial charge in [0.05, 0.1) is 9.85 Å². The van der Waals surface area contributed by atoms with Crippen LogP contribution in [0.4, 0.5) is 11.4 Å². The number of halogens is 1. The number of ether oxygens (including phenoxy) is 2. The summed E-state index contributed by atoms with van der Waals surface area (Å²) >= 11 is 7.68. The van der Waals surface area contributed by atoms with Crippen molar-refractivity contribution in [1.29, 1.82) is 0 Å². The predicted octanol–water partition coefficient (Wildman–Crippen LogP) is 7.94. The third-order valence-corrected chi connectivity index (χ3v) is 7.76. The van der Waals surface area contributed by atoms with E-state index >= 15 is 0 Å². The molecule has 218 valence electrons. The highest BCUT2D eigenvalue weighted by Crippen LogP contribution is 2.33. The van der Waals surface area contributed by atoms with Gasteiger partial charge in [0.1, 0.15) is 24.7 Å². The Labute approximate surface area is 259 Å². The first-order valence-electron chi connectivity index (χ1n) is 13.0. The second kappa shape index (κ2) is 13.6. The molecule has 0 amide bonds. The lowest BCUT2D eigenvalue weighted by Gasteiger charge is -2.10. The maximum Gasteiger partial charge on any atom is 0.269 e. The number of non-ortho nitro benzene ring substituents is 2. The Morgan fingerprint density at radius 1 is 0.841 bits per heavy atom. The lowest BCUT2D eigenvalue weighted by molar-refractivity contribution is -0.385. The topological polar surface area (TPSA) is 122 Å². The van der Waals surface area contributed by atoms with Crippen LogP contribution in [0.15, 0.2) is 107 Å². The van der Waals surface area contributed by atoms with Crippen LogP contribution in [-0.2, 0) is 0 Å². The Kier molecular flexibility index (Phi) is 9.30. The largest absolute Gasteiger partial charge is 0.488 e. The first kappa shape index (κ1) is 30.0. The zero-order valence-corrected chi connectivity index (χ0v) is 24.3. The lowest BCUT2D eigenvalue weighted by atomic mass is 10.0. The molecular weight excluding hydrogens is 604 g/mol. The second-order valence-corrected chi connectivity index (χ2v) is 10.7. The summed E-state index contributed by atoms with van der Waals surface area (Å²) in [5, 5.41) is 22.8. The molecule has 1 heterocycles. The molecule has 0 atom stereocenters. The lowest BCUT2D eigenvalue weighted by Crippen LogP contribution is -2.08. The van der Waals surface area contributed by atoms with Crippen LogP contribution in [0.5, 0.6) is 11.5 Å². The van der Waals surface area contributed by atoms with Crippen molar-refractivity contribution in [3.05, 3.63) is 144 Å². The smallest absolute Gasteiger partial charge is 0.269 e. The Hall–Kier alpha value is -5.50. The van der Waals surface area contributed by atoms with Crippen LogP contribution >= 0.6 is 22.9 Å². The Bertz CT molecular complexity index is 2000. The standard InChI is InChI=1S/C33H21ClN2O7S/c34-24-8-17-31-29(20-24)32(37)30(33(44-31)23-6-2-1-3-7-23)19-22(21-43-28-15-11-26(12-16-28)36(40)41)5-4-18-42-27-13-9-25(10-14-27)35(38)39/h1-3,6-17,19-20H,18,21H2/b22-19+. The minimum atomic E-state index is -0.500. The van der Waals surface area contributed by atoms with E-state index in [1.807, 2.05) is 36.4 Å². The third-order valence-electron chi connectivity index (χ3n) is 6.29. The van der Waals surface area contributed by atoms with Crippen molar-refractivity contribution in [2.24, 2.45) is 0 Å². The fourth-order valence-electron chi connectivity index (χ4n) is 4.16. The Morgan fingerprint density at radius 2 is 1.45 bits per heavy atom. The molecule has 1 aromatic heterocycles. The van der Waals surface area contributed by atoms with Crippen LogP contribution in [0, 0.1) is 32.1 Å². The zero-order valence-electron chi connectivity index (χ0n) is 22.8. The summed E-state index contributed by atoms with van der Waals surface area (Å²) in [5.41, 5.74) is 1.34. The van der Waals surface area contributed by atoms with Gasteiger partial charge in [0.15, 0.2) is 5.43 Å². The van der Waals surface area contributed by atoms with Gasteiger partial charge >= 0.3 is 0 Å². The molecule has 0 aliphatic heterocycles. The van der Waals surface area contributed by atoms with E-state index in [-0.39, 0.29) is 30.0 Å². The van der Waals surface area contributed by atoms with Crippen molar-refractivity contribution in [1.82, 2.24) is 0 Å². The number of nitrogens with zero attached hydrogens (tertiary/aromatic N) is 2. The summed E-state index contributed by atoms with van der Waals surface area (Å²) in [6.45, 7) is -0.0906. The van der Waals surface area contributed by atoms with E-state index in [2.05, 4.69) is 11.8 Å². The molecule has 0 N–H and O–H groups in total. The molecule has 0 aliphatic carbocycles. The molecule has 5 aromatic rings. The number of rotatable bonds is 9. The summed E-state index contributed by atoms with van der Waals surface area (Å²) in [5.74, 6) is 6.71. The van der Waals surface area contributed by atoms with E-state index in [9.17, 15) is 25.0 Å². The molecule has 9 nitrogen and oxygen atoms in total. The van der Waals surface area contributed by atoms with E-state index in [1.165, 1.54) is 59.9 Å². The summed E-state index contributed by atoms with van der Waals surface area (Å²) in [6, 6.07) is 26.0. The number of nitro groups is 2. The van der Waals surface area contributed by atoms with Crippen molar-refractivity contribution < 1.29 is 19.3 Å². The highest BCUT2D eigenvalue weighted by atomic mass is 35.5. The van der Waals surface area contributed by atoms with Crippen molar-refractivity contribution in [3.63, 3.8) is 0 Å². The molecule has 0 spiro atoms. The van der Waals surface area contributed by atoms with Gasteiger partial charge in [-0.15, -0.1) is 11.3 Å². The fourth-order valence-corrected chi connectivity index (χ4v) is 5.47. The average Bonchev–Trinajstić information content (AvgIpc) is 3.03. The highest BCUT2D eigenvalue weighted by molar-refractivity contribution is 7.21. The van der Waals surface area contributed by atoms with Crippen LogP contribution in [-0.4, -0.2) is 23.1 Å². The maximum atomic E-state index is 13.9. The molecule has 11 heteroatoms. The molecule has 0 fully saturated rings. The number of hydrogen-bond donors (Lipinski definition) is 0. The molecule has 0 radical (unpaired) electrons. The van der Waals surface area contributed by atoms with Gasteiger partial charge in [0, 0.05) is 55.4 Å². The molecule has 0 bridgehead atoms. The minimum Gasteiger partial charge on any atom is -0.488 e. The minimum absolute atomic E-state index is 0.0432. The summed E-state index contributed by atoms with van der Waals surface area (Å²) in [7, 11) is 0. The summed E-state index contributed by atoms with van der Waals surface area (Å²) in [4.78, 5) is 35.5. The molecule has 5 rings (SSSR count). The molecular formula is C33H21ClN2O7S. The van der Waals surface area contributed by atoms with Gasteiger partial charge in [0.25, 0.3) is 11.4 Å². The predicted molar refractivity (Wildman–Crippen MR) is 171 cm³/mol. The normalized spacial score (nSPS) is 11.0. The van der Waals surface area contributed by atoms with Crippen LogP contribution in [0.25, 0.3) is 26.6 Å². The van der Waals surface area contributed by atoms with Gasteiger partial charge in [-0.1, -0.05) is 53.8 Å². The van der Waals surface area contributed by atoms with Gasteiger partial charge in [-0.25, -0.2) is 0 Å². The van der Waals surface area contributed by atoms with Crippen molar-refractivity contribution in [2.45, 2.75) is 0 Å². The van der Waals surface area contributed by atoms with Gasteiger partial charge in [-0.05, 0) is 54.1 Å². The van der Waals surface area contributed by atoms with Gasteiger partial charge in [-0.3, -0.25) is 25.0 Å². The Morgan fingerprint density at radius 3 is 2.07 bits per heavy atom. The molecule has 0 unspecified atom stereocenters. The molecule has 0 saturated carbocycles. The first-order valence-corrected chi connectivity index (χ1v) is 14.2. The Balaban J connectivity index is 1.52. The summed E-state index contributed by atoms with van der Waals surface area (Å²) in [6.07, 6.45) is 1.67. The average molecular weight is 625 g/mol. The van der Waals surface area contributed by atoms with E-state index in [1.54, 1.807) is 18.2 Å². The quantitative estimate of drug-likeness (QED) is 0.0926. The number of fused-ring (bicyclic) bond motifs is 1. The van der Waals surface area contributed by atoms with Gasteiger partial charge in [-0.2, -0.15) is 0 Å². The number of nitro benzene ring substituents is 2. The van der Waals surface area contributed by atoms with Crippen LogP contribution < -0.4 is 14.9 Å². The monoisotopic (exact) mass is 624 g/mol. The molecule has 0 saturated heterocycles. The van der Waals surface area contributed by atoms with Crippen LogP contribution in [0.2, 0.25) is 5.02 Å². The van der Waals surface area contributed by atoms with Crippen molar-refractivity contribution in [2.75, 3.05) is 13.2 Å². The van der Waals surface area contributed by atoms with Gasteiger partial charge in [0.2, 0.25) is 0 Å². The number of hydrogen-bond acceptors (Lipinski definition) is 8. The van der Waals surface area contributed by atoms with Crippen molar-refractivity contribution >= 4 is 50.5 Å². The first-order chi connectivity index (χ1) is 21.3. The van der Waals surface area contributed by atoms with E-state index in [0.717, 1.165) is 15.1 Å². The van der Waals surface area contributed by atoms with E-state index in [4.69, 9.17) is 21.1 Å². The van der Waals surface area contributed by atoms with Crippen molar-refractivity contribution in [3.8, 4) is 33.8 Å². The zero-order chi connectivity index (χ0) is 31.1. The fraction of sp³-hybridized carbons (Fsp3) is 0.0606. The second-order valence-electron chi connectivity index (χ2n) is 9.23. The van der Waals surface area contributed by atoms with Crippen LogP contribution in [0.1, 0.15) is 5.56 Å². The number of benzene rings is 4. The van der Waals surface area contributed by atoms with Gasteiger partial charge < -0.3 is 9.47 Å². The molecule has 0 aliphatic rings. The molecule has 44 heavy (non-hydrogen) atoms. The van der Waals surface area contributed by atoms with E-state index < -0.39 is 9.85 Å². The van der Waals surface area contributed by atoms with E-state index in [0.29, 0.717) is 33.0 Å². The SMILES string of the molecule is O=c1c(/C=C(\C#CCOc2ccc([N+](=O)[O-])cc2)COc2ccc([N+](=O)[O-])cc2)c(-c2ccccc2)sc2ccc(Cl)cc12. The maximum absolute atomic E-state index is 13.9. The third kappa shape index (κ3) is 7.28. The molecule has 4 aromatic carbocycles. The summed E-state index contributed by atoms with van der Waals surface area (Å²) < 4.78 is 12.3.